The van der Waals surface area contributed by atoms with E-state index in [0.29, 0.717) is 45.4 Å². The molecule has 0 aliphatic carbocycles. The number of unbranched alkanes of at least 4 members (excludes halogenated alkanes) is 11. The van der Waals surface area contributed by atoms with Gasteiger partial charge < -0.3 is 63.9 Å². The summed E-state index contributed by atoms with van der Waals surface area (Å²) in [5, 5.41) is 10.8. The Balaban J connectivity index is 1.29. The van der Waals surface area contributed by atoms with Crippen molar-refractivity contribution < 1.29 is 85.8 Å². The fourth-order valence-electron chi connectivity index (χ4n) is 7.26. The fraction of sp³-hybridized carbons (Fsp3) is 0.660. The average Bonchev–Trinajstić information content (AvgIpc) is 4.32. The number of ether oxygens (including phenoxy) is 9. The van der Waals surface area contributed by atoms with Gasteiger partial charge in [-0.15, -0.1) is 0 Å². The van der Waals surface area contributed by atoms with Crippen LogP contribution in [-0.4, -0.2) is 169 Å². The molecule has 0 spiro atoms. The van der Waals surface area contributed by atoms with E-state index in [1.54, 1.807) is 37.9 Å². The number of rotatable bonds is 42. The van der Waals surface area contributed by atoms with Gasteiger partial charge >= 0.3 is 42.8 Å². The first kappa shape index (κ1) is 67.3. The van der Waals surface area contributed by atoms with Crippen molar-refractivity contribution in [3.05, 3.63) is 56.2 Å². The second-order valence-electron chi connectivity index (χ2n) is 18.6. The molecule has 81 heavy (non-hydrogen) atoms. The molecule has 0 saturated carbocycles. The second-order valence-corrected chi connectivity index (χ2v) is 18.6. The molecule has 0 bridgehead atoms. The van der Waals surface area contributed by atoms with E-state index in [1.807, 2.05) is 0 Å². The summed E-state index contributed by atoms with van der Waals surface area (Å²) in [5.74, 6) is -0.00111. The summed E-state index contributed by atoms with van der Waals surface area (Å²) < 4.78 is 51.1. The lowest BCUT2D eigenvalue weighted by Gasteiger charge is -2.30. The Labute approximate surface area is 471 Å². The number of alkyl carbamates (subject to hydrolysis) is 3. The third-order valence-electron chi connectivity index (χ3n) is 12.1. The monoisotopic (exact) mass is 1150 g/mol. The molecule has 0 radical (unpaired) electrons. The topological polar surface area (TPSA) is 338 Å². The molecule has 0 aromatic carbocycles. The van der Waals surface area contributed by atoms with Gasteiger partial charge in [0.2, 0.25) is 11.8 Å². The Hall–Kier alpha value is -7.94. The number of hydrogen-bond donors (Lipinski definition) is 4. The van der Waals surface area contributed by atoms with Gasteiger partial charge in [0.15, 0.2) is 0 Å². The van der Waals surface area contributed by atoms with Crippen molar-refractivity contribution in [2.45, 2.75) is 135 Å². The van der Waals surface area contributed by atoms with Crippen LogP contribution >= 0.6 is 0 Å². The van der Waals surface area contributed by atoms with E-state index in [2.05, 4.69) is 36.2 Å². The maximum atomic E-state index is 12.6. The van der Waals surface area contributed by atoms with Crippen LogP contribution in [0.15, 0.2) is 56.2 Å². The Bertz CT molecular complexity index is 1990. The van der Waals surface area contributed by atoms with E-state index in [0.717, 1.165) is 83.5 Å². The molecule has 3 rings (SSSR count). The highest BCUT2D eigenvalue weighted by atomic mass is 16.7. The van der Waals surface area contributed by atoms with Crippen LogP contribution in [0.2, 0.25) is 0 Å². The van der Waals surface area contributed by atoms with Gasteiger partial charge in [-0.1, -0.05) is 58.3 Å². The SMILES string of the molecule is CCC(COC(=O)OCCCOC(=O)NCCCCCCCC(=O)n1ccnc1)(COC(=O)OCCCOC(=O)NCCCCCCCC(=O)n1ccnc1)COC(=O)OCCCOC(=O)NCCCCCCNC(=O)n1ccnc1. The minimum Gasteiger partial charge on any atom is -0.449 e. The molecule has 0 fully saturated rings. The van der Waals surface area contributed by atoms with Gasteiger partial charge in [0.1, 0.15) is 38.8 Å². The molecule has 0 saturated heterocycles. The molecule has 0 aliphatic rings. The molecule has 3 aromatic rings. The van der Waals surface area contributed by atoms with E-state index in [9.17, 15) is 43.2 Å². The molecule has 3 aromatic heterocycles. The van der Waals surface area contributed by atoms with Crippen LogP contribution in [0.3, 0.4) is 0 Å². The van der Waals surface area contributed by atoms with Crippen LogP contribution in [0.5, 0.6) is 0 Å². The van der Waals surface area contributed by atoms with Gasteiger partial charge in [-0.3, -0.25) is 23.3 Å². The van der Waals surface area contributed by atoms with Crippen LogP contribution in [0.1, 0.15) is 145 Å². The third kappa shape index (κ3) is 33.3. The number of nitrogens with one attached hydrogen (secondary N) is 4. The largest absolute Gasteiger partial charge is 0.508 e. The van der Waals surface area contributed by atoms with Gasteiger partial charge in [-0.2, -0.15) is 0 Å². The van der Waals surface area contributed by atoms with Crippen molar-refractivity contribution in [2.75, 3.05) is 85.6 Å². The normalized spacial score (nSPS) is 10.9. The first-order valence-electron chi connectivity index (χ1n) is 27.8. The summed E-state index contributed by atoms with van der Waals surface area (Å²) in [6, 6.07) is -0.250. The minimum absolute atomic E-state index is 0.000556. The number of nitrogens with zero attached hydrogens (tertiary/aromatic N) is 6. The molecule has 28 heteroatoms. The van der Waals surface area contributed by atoms with Gasteiger partial charge in [0.05, 0.1) is 45.1 Å². The highest BCUT2D eigenvalue weighted by Crippen LogP contribution is 2.25. The molecule has 28 nitrogen and oxygen atoms in total. The summed E-state index contributed by atoms with van der Waals surface area (Å²) in [4.78, 5) is 122. The van der Waals surface area contributed by atoms with Crippen molar-refractivity contribution in [1.29, 1.82) is 0 Å². The summed E-state index contributed by atoms with van der Waals surface area (Å²) in [7, 11) is 0. The van der Waals surface area contributed by atoms with E-state index in [-0.39, 0.29) is 83.2 Å². The summed E-state index contributed by atoms with van der Waals surface area (Å²) in [6.07, 6.45) is 21.7. The molecule has 452 valence electrons. The number of hydrogen-bond acceptors (Lipinski definition) is 21. The molecule has 0 aliphatic heterocycles. The Morgan fingerprint density at radius 3 is 1.01 bits per heavy atom. The van der Waals surface area contributed by atoms with Crippen LogP contribution in [-0.2, 0) is 42.6 Å². The Kier molecular flexibility index (Phi) is 35.7. The Morgan fingerprint density at radius 1 is 0.370 bits per heavy atom. The van der Waals surface area contributed by atoms with Gasteiger partial charge in [0.25, 0.3) is 0 Å². The van der Waals surface area contributed by atoms with Crippen LogP contribution in [0.4, 0.5) is 33.6 Å². The lowest BCUT2D eigenvalue weighted by Crippen LogP contribution is -2.39. The second kappa shape index (κ2) is 42.9. The van der Waals surface area contributed by atoms with Crippen LogP contribution in [0, 0.1) is 5.41 Å². The average molecular weight is 1150 g/mol. The molecular formula is C53H82N10O18. The zero-order valence-corrected chi connectivity index (χ0v) is 46.6. The number of carbonyl (C=O) groups is 9. The quantitative estimate of drug-likeness (QED) is 0.0237. The molecule has 0 atom stereocenters. The van der Waals surface area contributed by atoms with Crippen LogP contribution < -0.4 is 21.3 Å². The first-order chi connectivity index (χ1) is 39.4. The summed E-state index contributed by atoms with van der Waals surface area (Å²) >= 11 is 0. The third-order valence-corrected chi connectivity index (χ3v) is 12.1. The number of imidazole rings is 3. The standard InChI is InChI=1S/C53H82N10O18/c1-2-53(38-79-50(70)76-35-17-32-73-47(67)58-23-14-7-3-5-11-20-44(64)61-29-26-54-41-61,39-80-51(71)77-36-18-33-74-48(68)59-24-15-8-4-6-12-21-45(65)62-30-27-55-42-62)40-81-52(72)78-37-19-34-75-49(69)60-25-16-10-9-13-22-57-46(66)63-31-28-56-43-63/h26-31,41-43H,2-25,32-40H2,1H3,(H,57,66)(H,58,67)(H,59,68)(H,60,69). The van der Waals surface area contributed by atoms with Crippen molar-refractivity contribution in [1.82, 2.24) is 49.9 Å². The molecule has 3 heterocycles. The lowest BCUT2D eigenvalue weighted by atomic mass is 9.88. The van der Waals surface area contributed by atoms with Gasteiger partial charge in [-0.25, -0.2) is 48.5 Å². The highest BCUT2D eigenvalue weighted by molar-refractivity contribution is 5.79. The van der Waals surface area contributed by atoms with Crippen molar-refractivity contribution in [3.63, 3.8) is 0 Å². The van der Waals surface area contributed by atoms with E-state index in [1.165, 1.54) is 38.9 Å². The number of aromatic nitrogens is 6. The predicted molar refractivity (Wildman–Crippen MR) is 287 cm³/mol. The zero-order chi connectivity index (χ0) is 58.4. The molecule has 4 N–H and O–H groups in total. The highest BCUT2D eigenvalue weighted by Gasteiger charge is 2.35. The minimum atomic E-state index is -1.29. The molecule has 4 amide bonds. The van der Waals surface area contributed by atoms with Gasteiger partial charge in [0, 0.05) is 95.5 Å². The van der Waals surface area contributed by atoms with Crippen molar-refractivity contribution in [3.8, 4) is 0 Å². The molecular weight excluding hydrogens is 1060 g/mol. The van der Waals surface area contributed by atoms with E-state index < -0.39 is 62.0 Å². The number of amides is 4. The summed E-state index contributed by atoms with van der Waals surface area (Å²) in [5.41, 5.74) is -1.29. The first-order valence-corrected chi connectivity index (χ1v) is 27.8. The molecule has 0 unspecified atom stereocenters. The lowest BCUT2D eigenvalue weighted by molar-refractivity contribution is -0.0562. The van der Waals surface area contributed by atoms with Crippen molar-refractivity contribution in [2.24, 2.45) is 5.41 Å². The summed E-state index contributed by atoms with van der Waals surface area (Å²) in [6.45, 7) is 1.49. The van der Waals surface area contributed by atoms with E-state index in [4.69, 9.17) is 42.6 Å². The predicted octanol–water partition coefficient (Wildman–Crippen LogP) is 7.96. The van der Waals surface area contributed by atoms with E-state index >= 15 is 0 Å². The fourth-order valence-corrected chi connectivity index (χ4v) is 7.26. The van der Waals surface area contributed by atoms with Gasteiger partial charge in [-0.05, 0) is 44.9 Å². The smallest absolute Gasteiger partial charge is 0.449 e. The number of carbonyl (C=O) groups excluding carboxylic acids is 9. The van der Waals surface area contributed by atoms with Crippen molar-refractivity contribution >= 4 is 54.6 Å². The Morgan fingerprint density at radius 2 is 0.679 bits per heavy atom. The zero-order valence-electron chi connectivity index (χ0n) is 46.6. The maximum absolute atomic E-state index is 12.6. The van der Waals surface area contributed by atoms with Crippen LogP contribution in [0.25, 0.3) is 0 Å². The maximum Gasteiger partial charge on any atom is 0.508 e.